The summed E-state index contributed by atoms with van der Waals surface area (Å²) in [7, 11) is 0. The molecule has 2 saturated heterocycles. The molecule has 0 amide bonds. The number of esters is 1. The van der Waals surface area contributed by atoms with Crippen LogP contribution in [-0.4, -0.2) is 142 Å². The third kappa shape index (κ3) is 28.5. The lowest BCUT2D eigenvalue weighted by Crippen LogP contribution is -2.61. The number of aliphatic hydroxyl groups excluding tert-OH is 7. The van der Waals surface area contributed by atoms with E-state index in [0.717, 1.165) is 70.6 Å². The first-order valence-electron chi connectivity index (χ1n) is 26.4. The van der Waals surface area contributed by atoms with Gasteiger partial charge in [0.1, 0.15) is 54.9 Å². The molecule has 0 saturated carbocycles. The summed E-state index contributed by atoms with van der Waals surface area (Å²) < 4.78 is 34.2. The van der Waals surface area contributed by atoms with Gasteiger partial charge in [-0.2, -0.15) is 0 Å². The molecule has 0 aromatic carbocycles. The molecule has 2 rings (SSSR count). The molecule has 394 valence electrons. The van der Waals surface area contributed by atoms with Crippen molar-refractivity contribution in [1.82, 2.24) is 0 Å². The summed E-state index contributed by atoms with van der Waals surface area (Å²) in [6, 6.07) is 0. The highest BCUT2D eigenvalue weighted by atomic mass is 16.7. The van der Waals surface area contributed by atoms with Crippen LogP contribution in [-0.2, 0) is 33.2 Å². The molecule has 68 heavy (non-hydrogen) atoms. The van der Waals surface area contributed by atoms with E-state index in [1.807, 2.05) is 0 Å². The highest BCUT2D eigenvalue weighted by Gasteiger charge is 2.47. The number of carbonyl (C=O) groups is 1. The lowest BCUT2D eigenvalue weighted by Gasteiger charge is -2.42. The highest BCUT2D eigenvalue weighted by molar-refractivity contribution is 5.69. The standard InChI is InChI=1S/C54H94O14/c1-3-5-7-9-11-13-15-17-19-21-22-24-26-28-30-32-34-36-38-63-40-43(66-46(56)37-35-33-31-29-27-25-23-20-18-16-14-12-10-8-6-4-2)41-64-53-52(62)50(60)48(58)45(68-53)42-65-54-51(61)49(59)47(57)44(39-55)67-54/h5,7,11,13,17,19,22,24,28,30,43-45,47-55,57-62H,3-4,6,8-10,12,14-16,18,20-21,23,25-27,29,31-42H2,1-2H3/b7-5-,13-11-,19-17-,24-22-,30-28-. The second kappa shape index (κ2) is 41.3. The van der Waals surface area contributed by atoms with Crippen molar-refractivity contribution in [2.24, 2.45) is 0 Å². The first-order chi connectivity index (χ1) is 33.1. The van der Waals surface area contributed by atoms with E-state index in [9.17, 15) is 40.5 Å². The number of carbonyl (C=O) groups excluding carboxylic acids is 1. The second-order valence-corrected chi connectivity index (χ2v) is 18.3. The molecule has 0 spiro atoms. The molecule has 0 bridgehead atoms. The molecule has 2 heterocycles. The van der Waals surface area contributed by atoms with E-state index in [4.69, 9.17) is 28.4 Å². The SMILES string of the molecule is CC/C=C\C/C=C\C/C=C\C/C=C\C/C=C\CCCCOCC(COC1OC(COC2OC(CO)C(O)C(O)C2O)C(O)C(O)C1O)OC(=O)CCCCCCCCCCCCCCCCCC. The van der Waals surface area contributed by atoms with Gasteiger partial charge in [0.15, 0.2) is 12.6 Å². The van der Waals surface area contributed by atoms with E-state index in [1.54, 1.807) is 0 Å². The number of aliphatic hydroxyl groups is 7. The first-order valence-corrected chi connectivity index (χ1v) is 26.4. The van der Waals surface area contributed by atoms with Crippen molar-refractivity contribution >= 4 is 5.97 Å². The zero-order chi connectivity index (χ0) is 49.5. The zero-order valence-electron chi connectivity index (χ0n) is 41.8. The van der Waals surface area contributed by atoms with Crippen molar-refractivity contribution in [1.29, 1.82) is 0 Å². The molecule has 0 aliphatic carbocycles. The maximum Gasteiger partial charge on any atom is 0.306 e. The van der Waals surface area contributed by atoms with Crippen molar-refractivity contribution in [2.45, 2.75) is 242 Å². The fourth-order valence-corrected chi connectivity index (χ4v) is 8.02. The molecule has 0 radical (unpaired) electrons. The lowest BCUT2D eigenvalue weighted by molar-refractivity contribution is -0.332. The van der Waals surface area contributed by atoms with Crippen LogP contribution in [0.2, 0.25) is 0 Å². The minimum atomic E-state index is -1.72. The highest BCUT2D eigenvalue weighted by Crippen LogP contribution is 2.26. The fourth-order valence-electron chi connectivity index (χ4n) is 8.02. The summed E-state index contributed by atoms with van der Waals surface area (Å²) in [6.07, 6.45) is 32.8. The van der Waals surface area contributed by atoms with Crippen LogP contribution < -0.4 is 0 Å². The number of unbranched alkanes of at least 4 members (excludes halogenated alkanes) is 17. The van der Waals surface area contributed by atoms with E-state index in [-0.39, 0.29) is 19.6 Å². The second-order valence-electron chi connectivity index (χ2n) is 18.3. The molecule has 14 nitrogen and oxygen atoms in total. The molecule has 11 atom stereocenters. The monoisotopic (exact) mass is 967 g/mol. The molecule has 7 N–H and O–H groups in total. The fraction of sp³-hybridized carbons (Fsp3) is 0.796. The van der Waals surface area contributed by atoms with E-state index in [1.165, 1.54) is 77.0 Å². The van der Waals surface area contributed by atoms with Crippen LogP contribution >= 0.6 is 0 Å². The minimum absolute atomic E-state index is 0.0318. The van der Waals surface area contributed by atoms with Crippen LogP contribution in [0.4, 0.5) is 0 Å². The number of rotatable bonds is 41. The smallest absolute Gasteiger partial charge is 0.306 e. The van der Waals surface area contributed by atoms with Gasteiger partial charge in [-0.1, -0.05) is 171 Å². The quantitative estimate of drug-likeness (QED) is 0.0175. The third-order valence-corrected chi connectivity index (χ3v) is 12.3. The van der Waals surface area contributed by atoms with Crippen molar-refractivity contribution in [2.75, 3.05) is 33.0 Å². The Balaban J connectivity index is 1.78. The maximum atomic E-state index is 13.0. The molecule has 14 heteroatoms. The average molecular weight is 967 g/mol. The number of ether oxygens (including phenoxy) is 6. The van der Waals surface area contributed by atoms with Gasteiger partial charge in [0.05, 0.1) is 26.4 Å². The molecule has 11 unspecified atom stereocenters. The Morgan fingerprint density at radius 2 is 0.956 bits per heavy atom. The van der Waals surface area contributed by atoms with Crippen LogP contribution in [0.5, 0.6) is 0 Å². The van der Waals surface area contributed by atoms with E-state index >= 15 is 0 Å². The Kier molecular flexibility index (Phi) is 37.6. The van der Waals surface area contributed by atoms with Crippen LogP contribution in [0.1, 0.15) is 174 Å². The number of hydrogen-bond donors (Lipinski definition) is 7. The Bertz CT molecular complexity index is 1350. The molecular formula is C54H94O14. The van der Waals surface area contributed by atoms with Gasteiger partial charge in [0.2, 0.25) is 0 Å². The zero-order valence-corrected chi connectivity index (χ0v) is 41.8. The van der Waals surface area contributed by atoms with Gasteiger partial charge in [0, 0.05) is 13.0 Å². The summed E-state index contributed by atoms with van der Waals surface area (Å²) in [5.74, 6) is -0.391. The Morgan fingerprint density at radius 1 is 0.500 bits per heavy atom. The van der Waals surface area contributed by atoms with Gasteiger partial charge < -0.3 is 64.2 Å². The number of hydrogen-bond acceptors (Lipinski definition) is 14. The van der Waals surface area contributed by atoms with Gasteiger partial charge in [0.25, 0.3) is 0 Å². The summed E-state index contributed by atoms with van der Waals surface area (Å²) in [5.41, 5.74) is 0. The van der Waals surface area contributed by atoms with Crippen LogP contribution in [0, 0.1) is 0 Å². The van der Waals surface area contributed by atoms with Crippen LogP contribution in [0.25, 0.3) is 0 Å². The van der Waals surface area contributed by atoms with Crippen LogP contribution in [0.15, 0.2) is 60.8 Å². The summed E-state index contributed by atoms with van der Waals surface area (Å²) in [6.45, 7) is 3.47. The molecular weight excluding hydrogens is 873 g/mol. The number of allylic oxidation sites excluding steroid dienone is 10. The van der Waals surface area contributed by atoms with Gasteiger partial charge in [-0.15, -0.1) is 0 Å². The van der Waals surface area contributed by atoms with Gasteiger partial charge in [-0.25, -0.2) is 0 Å². The van der Waals surface area contributed by atoms with E-state index in [2.05, 4.69) is 74.6 Å². The summed E-state index contributed by atoms with van der Waals surface area (Å²) in [5, 5.41) is 72.2. The largest absolute Gasteiger partial charge is 0.457 e. The topological polar surface area (TPSA) is 214 Å². The van der Waals surface area contributed by atoms with Crippen molar-refractivity contribution in [3.8, 4) is 0 Å². The van der Waals surface area contributed by atoms with Crippen molar-refractivity contribution in [3.05, 3.63) is 60.8 Å². The Labute approximate surface area is 409 Å². The minimum Gasteiger partial charge on any atom is -0.457 e. The molecule has 0 aromatic rings. The Hall–Kier alpha value is -2.31. The van der Waals surface area contributed by atoms with Crippen molar-refractivity contribution < 1.29 is 69.0 Å². The average Bonchev–Trinajstić information content (AvgIpc) is 3.33. The van der Waals surface area contributed by atoms with E-state index < -0.39 is 86.7 Å². The molecule has 2 aliphatic heterocycles. The van der Waals surface area contributed by atoms with Gasteiger partial charge >= 0.3 is 5.97 Å². The van der Waals surface area contributed by atoms with Crippen molar-refractivity contribution in [3.63, 3.8) is 0 Å². The molecule has 0 aromatic heterocycles. The predicted molar refractivity (Wildman–Crippen MR) is 266 cm³/mol. The van der Waals surface area contributed by atoms with E-state index in [0.29, 0.717) is 13.0 Å². The molecule has 2 aliphatic rings. The maximum absolute atomic E-state index is 13.0. The first kappa shape index (κ1) is 61.8. The lowest BCUT2D eigenvalue weighted by atomic mass is 9.98. The summed E-state index contributed by atoms with van der Waals surface area (Å²) >= 11 is 0. The Morgan fingerprint density at radius 3 is 1.47 bits per heavy atom. The normalized spacial score (nSPS) is 26.4. The third-order valence-electron chi connectivity index (χ3n) is 12.3. The van der Waals surface area contributed by atoms with Gasteiger partial charge in [-0.05, 0) is 57.8 Å². The van der Waals surface area contributed by atoms with Crippen LogP contribution in [0.3, 0.4) is 0 Å². The predicted octanol–water partition coefficient (Wildman–Crippen LogP) is 8.13. The molecule has 2 fully saturated rings. The summed E-state index contributed by atoms with van der Waals surface area (Å²) in [4.78, 5) is 13.0. The van der Waals surface area contributed by atoms with Gasteiger partial charge in [-0.3, -0.25) is 4.79 Å².